The second kappa shape index (κ2) is 8.73. The molecule has 1 aromatic heterocycles. The van der Waals surface area contributed by atoms with E-state index in [0.717, 1.165) is 38.6 Å². The van der Waals surface area contributed by atoms with Crippen LogP contribution in [-0.4, -0.2) is 22.1 Å². The van der Waals surface area contributed by atoms with Crippen LogP contribution in [0, 0.1) is 27.2 Å². The summed E-state index contributed by atoms with van der Waals surface area (Å²) in [5, 5.41) is 0. The standard InChI is InChI=1S/C17H26N2O2S2/c1-12-10-13(2)14(11-12)16(20)21-9-5-3-4-7-19-8-6-15(22)18-17(19)23/h6,8,12-14H,3-5,7,9-11H2,1-2H3,(H,18,22,23). The van der Waals surface area contributed by atoms with Crippen LogP contribution < -0.4 is 0 Å². The highest BCUT2D eigenvalue weighted by Crippen LogP contribution is 2.36. The van der Waals surface area contributed by atoms with E-state index in [9.17, 15) is 4.79 Å². The van der Waals surface area contributed by atoms with Crippen LogP contribution in [0.2, 0.25) is 0 Å². The van der Waals surface area contributed by atoms with Gasteiger partial charge >= 0.3 is 5.97 Å². The number of rotatable bonds is 7. The highest BCUT2D eigenvalue weighted by Gasteiger charge is 2.34. The average Bonchev–Trinajstić information content (AvgIpc) is 2.83. The van der Waals surface area contributed by atoms with Crippen LogP contribution in [0.5, 0.6) is 0 Å². The van der Waals surface area contributed by atoms with Gasteiger partial charge in [-0.15, -0.1) is 0 Å². The van der Waals surface area contributed by atoms with Crippen molar-refractivity contribution in [1.82, 2.24) is 9.55 Å². The molecule has 1 aliphatic carbocycles. The Morgan fingerprint density at radius 2 is 2.09 bits per heavy atom. The Kier molecular flexibility index (Phi) is 6.96. The maximum absolute atomic E-state index is 12.1. The van der Waals surface area contributed by atoms with Crippen LogP contribution in [0.4, 0.5) is 0 Å². The molecule has 0 spiro atoms. The van der Waals surface area contributed by atoms with E-state index in [1.165, 1.54) is 0 Å². The van der Waals surface area contributed by atoms with Gasteiger partial charge in [-0.3, -0.25) is 4.79 Å². The number of aromatic nitrogens is 2. The van der Waals surface area contributed by atoms with Crippen LogP contribution in [0.15, 0.2) is 12.3 Å². The Hall–Kier alpha value is -1.01. The summed E-state index contributed by atoms with van der Waals surface area (Å²) in [5.74, 6) is 1.21. The van der Waals surface area contributed by atoms with E-state index in [1.54, 1.807) is 0 Å². The first-order valence-corrected chi connectivity index (χ1v) is 9.25. The molecule has 6 heteroatoms. The molecule has 0 aliphatic heterocycles. The number of aromatic amines is 1. The van der Waals surface area contributed by atoms with E-state index in [-0.39, 0.29) is 11.9 Å². The van der Waals surface area contributed by atoms with Crippen LogP contribution in [0.3, 0.4) is 0 Å². The largest absolute Gasteiger partial charge is 0.465 e. The van der Waals surface area contributed by atoms with E-state index in [2.05, 4.69) is 18.8 Å². The van der Waals surface area contributed by atoms with Gasteiger partial charge in [0.1, 0.15) is 4.64 Å². The lowest BCUT2D eigenvalue weighted by molar-refractivity contribution is -0.149. The molecule has 0 radical (unpaired) electrons. The zero-order valence-corrected chi connectivity index (χ0v) is 15.5. The number of nitrogens with one attached hydrogen (secondary N) is 1. The molecule has 3 atom stereocenters. The maximum Gasteiger partial charge on any atom is 0.309 e. The van der Waals surface area contributed by atoms with Crippen molar-refractivity contribution in [2.75, 3.05) is 6.61 Å². The third-order valence-electron chi connectivity index (χ3n) is 4.60. The highest BCUT2D eigenvalue weighted by molar-refractivity contribution is 7.72. The molecule has 0 saturated heterocycles. The maximum atomic E-state index is 12.1. The van der Waals surface area contributed by atoms with Crippen molar-refractivity contribution < 1.29 is 9.53 Å². The number of H-pyrrole nitrogens is 1. The molecule has 0 bridgehead atoms. The van der Waals surface area contributed by atoms with Gasteiger partial charge in [0.25, 0.3) is 0 Å². The number of aryl methyl sites for hydroxylation is 1. The molecule has 3 unspecified atom stereocenters. The first-order chi connectivity index (χ1) is 11.0. The van der Waals surface area contributed by atoms with Crippen molar-refractivity contribution in [1.29, 1.82) is 0 Å². The van der Waals surface area contributed by atoms with Gasteiger partial charge in [-0.25, -0.2) is 0 Å². The van der Waals surface area contributed by atoms with Gasteiger partial charge < -0.3 is 14.3 Å². The van der Waals surface area contributed by atoms with Crippen LogP contribution >= 0.6 is 24.4 Å². The van der Waals surface area contributed by atoms with E-state index in [0.29, 0.717) is 27.9 Å². The molecule has 0 amide bonds. The molecule has 4 nitrogen and oxygen atoms in total. The predicted octanol–water partition coefficient (Wildman–Crippen LogP) is 4.67. The molecule has 1 heterocycles. The quantitative estimate of drug-likeness (QED) is 0.439. The highest BCUT2D eigenvalue weighted by atomic mass is 32.1. The van der Waals surface area contributed by atoms with Gasteiger partial charge in [-0.1, -0.05) is 26.1 Å². The first kappa shape index (κ1) is 18.3. The summed E-state index contributed by atoms with van der Waals surface area (Å²) in [6.07, 6.45) is 6.96. The number of esters is 1. The molecule has 1 aliphatic rings. The van der Waals surface area contributed by atoms with Gasteiger partial charge in [0.15, 0.2) is 4.77 Å². The molecule has 128 valence electrons. The lowest BCUT2D eigenvalue weighted by Crippen LogP contribution is -2.20. The smallest absolute Gasteiger partial charge is 0.309 e. The van der Waals surface area contributed by atoms with Crippen LogP contribution in [0.1, 0.15) is 46.0 Å². The molecule has 1 fully saturated rings. The van der Waals surface area contributed by atoms with Gasteiger partial charge in [0.2, 0.25) is 0 Å². The second-order valence-corrected chi connectivity index (χ2v) is 7.52. The van der Waals surface area contributed by atoms with E-state index >= 15 is 0 Å². The molecular formula is C17H26N2O2S2. The Bertz CT molecular complexity index is 638. The number of hydrogen-bond acceptors (Lipinski definition) is 4. The minimum Gasteiger partial charge on any atom is -0.465 e. The van der Waals surface area contributed by atoms with Crippen molar-refractivity contribution in [2.45, 2.75) is 52.5 Å². The number of carbonyl (C=O) groups excluding carboxylic acids is 1. The summed E-state index contributed by atoms with van der Waals surface area (Å²) >= 11 is 10.3. The average molecular weight is 355 g/mol. The third kappa shape index (κ3) is 5.53. The summed E-state index contributed by atoms with van der Waals surface area (Å²) in [6, 6.07) is 1.84. The minimum absolute atomic E-state index is 0.000274. The minimum atomic E-state index is -0.000274. The van der Waals surface area contributed by atoms with Crippen molar-refractivity contribution in [3.63, 3.8) is 0 Å². The van der Waals surface area contributed by atoms with Gasteiger partial charge in [-0.2, -0.15) is 0 Å². The van der Waals surface area contributed by atoms with Crippen LogP contribution in [-0.2, 0) is 16.1 Å². The monoisotopic (exact) mass is 354 g/mol. The molecule has 1 aromatic rings. The summed E-state index contributed by atoms with van der Waals surface area (Å²) in [4.78, 5) is 15.0. The number of ether oxygens (including phenoxy) is 1. The Balaban J connectivity index is 1.61. The van der Waals surface area contributed by atoms with Crippen LogP contribution in [0.25, 0.3) is 0 Å². The lowest BCUT2D eigenvalue weighted by atomic mass is 9.99. The predicted molar refractivity (Wildman–Crippen MR) is 96.3 cm³/mol. The summed E-state index contributed by atoms with van der Waals surface area (Å²) < 4.78 is 8.76. The summed E-state index contributed by atoms with van der Waals surface area (Å²) in [7, 11) is 0. The van der Waals surface area contributed by atoms with E-state index in [1.807, 2.05) is 16.8 Å². The van der Waals surface area contributed by atoms with Crippen molar-refractivity contribution >= 4 is 30.4 Å². The van der Waals surface area contributed by atoms with Crippen molar-refractivity contribution in [3.8, 4) is 0 Å². The Morgan fingerprint density at radius 1 is 1.30 bits per heavy atom. The second-order valence-electron chi connectivity index (χ2n) is 6.69. The van der Waals surface area contributed by atoms with Gasteiger partial charge in [0.05, 0.1) is 12.5 Å². The fourth-order valence-electron chi connectivity index (χ4n) is 3.35. The molecule has 1 saturated carbocycles. The van der Waals surface area contributed by atoms with Gasteiger partial charge in [-0.05, 0) is 62.2 Å². The third-order valence-corrected chi connectivity index (χ3v) is 5.18. The fourth-order valence-corrected chi connectivity index (χ4v) is 3.83. The summed E-state index contributed by atoms with van der Waals surface area (Å²) in [6.45, 7) is 5.75. The van der Waals surface area contributed by atoms with Crippen molar-refractivity contribution in [2.24, 2.45) is 17.8 Å². The summed E-state index contributed by atoms with van der Waals surface area (Å²) in [5.41, 5.74) is 0. The zero-order chi connectivity index (χ0) is 16.8. The lowest BCUT2D eigenvalue weighted by Gasteiger charge is -2.14. The van der Waals surface area contributed by atoms with Crippen molar-refractivity contribution in [3.05, 3.63) is 21.7 Å². The van der Waals surface area contributed by atoms with Gasteiger partial charge in [0, 0.05) is 12.7 Å². The Morgan fingerprint density at radius 3 is 2.74 bits per heavy atom. The molecule has 1 N–H and O–H groups in total. The normalized spacial score (nSPS) is 23.8. The molecular weight excluding hydrogens is 328 g/mol. The van der Waals surface area contributed by atoms with E-state index < -0.39 is 0 Å². The number of unbranched alkanes of at least 4 members (excludes halogenated alkanes) is 2. The molecule has 2 rings (SSSR count). The Labute approximate surface area is 148 Å². The molecule has 0 aromatic carbocycles. The zero-order valence-electron chi connectivity index (χ0n) is 13.9. The number of hydrogen-bond donors (Lipinski definition) is 1. The fraction of sp³-hybridized carbons (Fsp3) is 0.706. The number of carbonyl (C=O) groups is 1. The molecule has 23 heavy (non-hydrogen) atoms. The number of nitrogens with zero attached hydrogens (tertiary/aromatic N) is 1. The topological polar surface area (TPSA) is 47.0 Å². The SMILES string of the molecule is CC1CC(C)C(C(=O)OCCCCCn2ccc(=S)[nH]c2=S)C1. The first-order valence-electron chi connectivity index (χ1n) is 8.43. The van der Waals surface area contributed by atoms with E-state index in [4.69, 9.17) is 29.2 Å².